The second kappa shape index (κ2) is 8.77. The molecule has 0 aromatic heterocycles. The van der Waals surface area contributed by atoms with Crippen LogP contribution in [0.5, 0.6) is 0 Å². The van der Waals surface area contributed by atoms with E-state index < -0.39 is 5.97 Å². The lowest BCUT2D eigenvalue weighted by molar-refractivity contribution is -0.138. The van der Waals surface area contributed by atoms with Gasteiger partial charge in [-0.2, -0.15) is 0 Å². The first-order chi connectivity index (χ1) is 13.9. The van der Waals surface area contributed by atoms with Gasteiger partial charge in [-0.15, -0.1) is 0 Å². The number of hydrogen-bond acceptors (Lipinski definition) is 3. The molecule has 2 aromatic carbocycles. The number of nitrogens with one attached hydrogen (secondary N) is 2. The first-order valence-electron chi connectivity index (χ1n) is 9.74. The molecule has 1 amide bonds. The van der Waals surface area contributed by atoms with Gasteiger partial charge in [-0.25, -0.2) is 0 Å². The van der Waals surface area contributed by atoms with Crippen molar-refractivity contribution in [2.24, 2.45) is 11.7 Å². The Morgan fingerprint density at radius 1 is 1.21 bits per heavy atom. The molecule has 2 aromatic rings. The van der Waals surface area contributed by atoms with Gasteiger partial charge in [-0.3, -0.25) is 15.0 Å². The zero-order chi connectivity index (χ0) is 21.0. The van der Waals surface area contributed by atoms with E-state index in [1.165, 1.54) is 5.56 Å². The monoisotopic (exact) mass is 394 g/mol. The molecule has 5 N–H and O–H groups in total. The van der Waals surface area contributed by atoms with Crippen molar-refractivity contribution in [2.75, 3.05) is 16.8 Å². The number of fused-ring (bicyclic) bond motifs is 1. The lowest BCUT2D eigenvalue weighted by atomic mass is 9.81. The van der Waals surface area contributed by atoms with Crippen LogP contribution < -0.4 is 16.0 Å². The Hall–Kier alpha value is -3.35. The highest BCUT2D eigenvalue weighted by Gasteiger charge is 2.23. The van der Waals surface area contributed by atoms with E-state index in [4.69, 9.17) is 16.2 Å². The molecule has 0 saturated carbocycles. The maximum Gasteiger partial charge on any atom is 0.303 e. The smallest absolute Gasteiger partial charge is 0.303 e. The van der Waals surface area contributed by atoms with Gasteiger partial charge in [0, 0.05) is 29.9 Å². The molecule has 152 valence electrons. The van der Waals surface area contributed by atoms with Crippen molar-refractivity contribution in [2.45, 2.75) is 32.6 Å². The summed E-state index contributed by atoms with van der Waals surface area (Å²) >= 11 is 0. The van der Waals surface area contributed by atoms with E-state index in [0.717, 1.165) is 24.1 Å². The van der Waals surface area contributed by atoms with E-state index in [1.807, 2.05) is 37.3 Å². The number of hydrogen-bond donors (Lipinski definition) is 4. The first-order valence-corrected chi connectivity index (χ1v) is 9.74. The van der Waals surface area contributed by atoms with Crippen LogP contribution in [0.1, 0.15) is 41.3 Å². The highest BCUT2D eigenvalue weighted by Crippen LogP contribution is 2.29. The minimum Gasteiger partial charge on any atom is -0.481 e. The second-order valence-electron chi connectivity index (χ2n) is 7.33. The van der Waals surface area contributed by atoms with Gasteiger partial charge in [0.2, 0.25) is 0 Å². The number of aryl methyl sites for hydroxylation is 1. The molecule has 0 heterocycles. The molecule has 0 fully saturated rings. The maximum atomic E-state index is 13.1. The van der Waals surface area contributed by atoms with Crippen molar-refractivity contribution in [3.8, 4) is 0 Å². The van der Waals surface area contributed by atoms with Gasteiger partial charge in [-0.05, 0) is 79.6 Å². The van der Waals surface area contributed by atoms with Gasteiger partial charge in [-0.1, -0.05) is 6.07 Å². The van der Waals surface area contributed by atoms with Crippen LogP contribution in [0.2, 0.25) is 0 Å². The summed E-state index contributed by atoms with van der Waals surface area (Å²) in [5.74, 6) is -0.890. The SMILES string of the molecule is CCN(C(=O)c1ccc2c(c1)CC(CC(=O)O)CC2)c1ccc(NC(=N)N)cc1. The topological polar surface area (TPSA) is 120 Å². The number of benzene rings is 2. The van der Waals surface area contributed by atoms with Crippen molar-refractivity contribution >= 4 is 29.2 Å². The van der Waals surface area contributed by atoms with Crippen LogP contribution in [0.4, 0.5) is 11.4 Å². The summed E-state index contributed by atoms with van der Waals surface area (Å²) in [6.45, 7) is 2.43. The summed E-state index contributed by atoms with van der Waals surface area (Å²) in [5, 5.41) is 19.1. The fraction of sp³-hybridized carbons (Fsp3) is 0.318. The molecule has 0 saturated heterocycles. The molecule has 7 nitrogen and oxygen atoms in total. The number of nitrogens with two attached hydrogens (primary N) is 1. The number of amides is 1. The van der Waals surface area contributed by atoms with E-state index in [9.17, 15) is 9.59 Å². The molecular weight excluding hydrogens is 368 g/mol. The zero-order valence-corrected chi connectivity index (χ0v) is 16.4. The van der Waals surface area contributed by atoms with E-state index in [2.05, 4.69) is 5.32 Å². The second-order valence-corrected chi connectivity index (χ2v) is 7.33. The summed E-state index contributed by atoms with van der Waals surface area (Å²) in [6.07, 6.45) is 2.58. The number of anilines is 2. The summed E-state index contributed by atoms with van der Waals surface area (Å²) in [5.41, 5.74) is 9.66. The summed E-state index contributed by atoms with van der Waals surface area (Å²) < 4.78 is 0. The molecule has 0 radical (unpaired) electrons. The number of carbonyl (C=O) groups excluding carboxylic acids is 1. The largest absolute Gasteiger partial charge is 0.481 e. The molecule has 0 aliphatic heterocycles. The van der Waals surface area contributed by atoms with Gasteiger partial charge in [0.25, 0.3) is 5.91 Å². The van der Waals surface area contributed by atoms with Crippen molar-refractivity contribution in [3.05, 3.63) is 59.2 Å². The average Bonchev–Trinajstić information content (AvgIpc) is 2.68. The van der Waals surface area contributed by atoms with E-state index >= 15 is 0 Å². The third kappa shape index (κ3) is 4.93. The molecule has 0 spiro atoms. The van der Waals surface area contributed by atoms with Crippen LogP contribution in [0.25, 0.3) is 0 Å². The summed E-state index contributed by atoms with van der Waals surface area (Å²) in [4.78, 5) is 25.9. The van der Waals surface area contributed by atoms with Gasteiger partial charge < -0.3 is 21.1 Å². The highest BCUT2D eigenvalue weighted by atomic mass is 16.4. The Morgan fingerprint density at radius 2 is 1.93 bits per heavy atom. The standard InChI is InChI=1S/C22H26N4O3/c1-2-26(19-9-7-18(8-10-19)25-22(23)24)21(29)16-6-5-15-4-3-14(12-20(27)28)11-17(15)13-16/h5-10,13-14H,2-4,11-12H2,1H3,(H,27,28)(H4,23,24,25). The summed E-state index contributed by atoms with van der Waals surface area (Å²) in [7, 11) is 0. The number of guanidine groups is 1. The van der Waals surface area contributed by atoms with Crippen LogP contribution in [0.15, 0.2) is 42.5 Å². The number of carboxylic acids is 1. The Bertz CT molecular complexity index is 924. The predicted octanol–water partition coefficient (Wildman–Crippen LogP) is 3.24. The Morgan fingerprint density at radius 3 is 2.55 bits per heavy atom. The van der Waals surface area contributed by atoms with Gasteiger partial charge in [0.15, 0.2) is 5.96 Å². The lowest BCUT2D eigenvalue weighted by Crippen LogP contribution is -2.31. The molecule has 0 bridgehead atoms. The number of nitrogens with zero attached hydrogens (tertiary/aromatic N) is 1. The minimum atomic E-state index is -0.773. The number of carbonyl (C=O) groups is 2. The number of carboxylic acid groups (broad SMARTS) is 1. The predicted molar refractivity (Wildman–Crippen MR) is 114 cm³/mol. The maximum absolute atomic E-state index is 13.1. The first kappa shape index (κ1) is 20.4. The van der Waals surface area contributed by atoms with Gasteiger partial charge >= 0.3 is 5.97 Å². The zero-order valence-electron chi connectivity index (χ0n) is 16.4. The van der Waals surface area contributed by atoms with Crippen LogP contribution >= 0.6 is 0 Å². The fourth-order valence-corrected chi connectivity index (χ4v) is 3.87. The quantitative estimate of drug-likeness (QED) is 0.443. The van der Waals surface area contributed by atoms with E-state index in [-0.39, 0.29) is 24.2 Å². The average molecular weight is 394 g/mol. The fourth-order valence-electron chi connectivity index (χ4n) is 3.87. The van der Waals surface area contributed by atoms with Crippen LogP contribution in [0, 0.1) is 11.3 Å². The number of rotatable bonds is 6. The third-order valence-corrected chi connectivity index (χ3v) is 5.27. The molecule has 29 heavy (non-hydrogen) atoms. The Kier molecular flexibility index (Phi) is 6.16. The van der Waals surface area contributed by atoms with Gasteiger partial charge in [0.1, 0.15) is 0 Å². The molecule has 1 atom stereocenters. The summed E-state index contributed by atoms with van der Waals surface area (Å²) in [6, 6.07) is 12.9. The van der Waals surface area contributed by atoms with Gasteiger partial charge in [0.05, 0.1) is 0 Å². The highest BCUT2D eigenvalue weighted by molar-refractivity contribution is 6.06. The van der Waals surface area contributed by atoms with Crippen LogP contribution in [-0.2, 0) is 17.6 Å². The van der Waals surface area contributed by atoms with E-state index in [1.54, 1.807) is 17.0 Å². The molecule has 1 aliphatic rings. The molecule has 1 unspecified atom stereocenters. The lowest BCUT2D eigenvalue weighted by Gasteiger charge is -2.25. The van der Waals surface area contributed by atoms with Crippen molar-refractivity contribution in [1.82, 2.24) is 0 Å². The molecule has 1 aliphatic carbocycles. The molecule has 3 rings (SSSR count). The third-order valence-electron chi connectivity index (χ3n) is 5.27. The van der Waals surface area contributed by atoms with Crippen molar-refractivity contribution in [1.29, 1.82) is 5.41 Å². The Balaban J connectivity index is 1.79. The molecular formula is C22H26N4O3. The van der Waals surface area contributed by atoms with E-state index in [0.29, 0.717) is 24.2 Å². The number of aliphatic carboxylic acids is 1. The van der Waals surface area contributed by atoms with Crippen LogP contribution in [-0.4, -0.2) is 29.5 Å². The minimum absolute atomic E-state index is 0.0945. The van der Waals surface area contributed by atoms with Crippen LogP contribution in [0.3, 0.4) is 0 Å². The van der Waals surface area contributed by atoms with Crippen molar-refractivity contribution in [3.63, 3.8) is 0 Å². The Labute approximate surface area is 170 Å². The molecule has 7 heteroatoms. The van der Waals surface area contributed by atoms with Crippen molar-refractivity contribution < 1.29 is 14.7 Å². The normalized spacial score (nSPS) is 15.3.